The van der Waals surface area contributed by atoms with Gasteiger partial charge in [0.25, 0.3) is 0 Å². The predicted octanol–water partition coefficient (Wildman–Crippen LogP) is 29.1. The van der Waals surface area contributed by atoms with Crippen molar-refractivity contribution >= 4 is 33.1 Å². The fourth-order valence-corrected chi connectivity index (χ4v) is 15.9. The minimum atomic E-state index is 0.935. The summed E-state index contributed by atoms with van der Waals surface area (Å²) in [7, 11) is 0. The van der Waals surface area contributed by atoms with E-state index in [0.717, 1.165) is 101 Å². The SMILES string of the molecule is c1ccc(-c2cc(-c3ccccc3)cc(-c3ccc(-c4nc5ccccc5n4-c4ccccc4)cc3)c2)cc1.c1ccc(-c2cc(-c3ccccc3)cc(-c3cccc(-c4nc5ccccc5n4-c4ccccc4)c3)c2)cc1.c1ccc(-c2cc(-c3ccccc3)cc(-c3ccccc3-c3nc4ccccc4n3-c3ccccc3)c2)cc1. The first-order chi connectivity index (χ1) is 58.0. The first-order valence-electron chi connectivity index (χ1n) is 39.7. The van der Waals surface area contributed by atoms with Crippen LogP contribution in [0, 0.1) is 0 Å². The number of imidazole rings is 3. The van der Waals surface area contributed by atoms with Crippen molar-refractivity contribution < 1.29 is 0 Å². The molecule has 0 atom stereocenters. The van der Waals surface area contributed by atoms with Gasteiger partial charge in [0.2, 0.25) is 0 Å². The number of fused-ring (bicyclic) bond motifs is 3. The normalized spacial score (nSPS) is 11.1. The summed E-state index contributed by atoms with van der Waals surface area (Å²) in [6, 6.07) is 167. The van der Waals surface area contributed by atoms with Crippen molar-refractivity contribution in [3.63, 3.8) is 0 Å². The van der Waals surface area contributed by atoms with Gasteiger partial charge in [-0.2, -0.15) is 0 Å². The lowest BCUT2D eigenvalue weighted by molar-refractivity contribution is 1.10. The minimum Gasteiger partial charge on any atom is -0.292 e. The third-order valence-electron chi connectivity index (χ3n) is 21.6. The molecule has 0 aliphatic carbocycles. The van der Waals surface area contributed by atoms with Crippen LogP contribution in [0.25, 0.3) is 184 Å². The van der Waals surface area contributed by atoms with Gasteiger partial charge in [0.15, 0.2) is 0 Å². The predicted molar refractivity (Wildman–Crippen MR) is 488 cm³/mol. The number of nitrogens with zero attached hydrogens (tertiary/aromatic N) is 6. The van der Waals surface area contributed by atoms with Gasteiger partial charge in [-0.05, 0) is 234 Å². The zero-order chi connectivity index (χ0) is 78.1. The molecular formula is C111H78N6. The van der Waals surface area contributed by atoms with E-state index in [4.69, 9.17) is 15.0 Å². The topological polar surface area (TPSA) is 53.5 Å². The third kappa shape index (κ3) is 15.2. The number of aromatic nitrogens is 6. The molecule has 18 aromatic carbocycles. The number of hydrogen-bond acceptors (Lipinski definition) is 3. The van der Waals surface area contributed by atoms with Gasteiger partial charge in [0, 0.05) is 33.8 Å². The molecule has 6 heteroatoms. The van der Waals surface area contributed by atoms with E-state index in [2.05, 4.69) is 463 Å². The van der Waals surface area contributed by atoms with Crippen molar-refractivity contribution in [1.29, 1.82) is 0 Å². The molecule has 0 saturated carbocycles. The fourth-order valence-electron chi connectivity index (χ4n) is 15.9. The smallest absolute Gasteiger partial charge is 0.146 e. The first kappa shape index (κ1) is 71.7. The highest BCUT2D eigenvalue weighted by Crippen LogP contribution is 2.42. The van der Waals surface area contributed by atoms with Crippen molar-refractivity contribution in [2.45, 2.75) is 0 Å². The molecule has 0 aliphatic heterocycles. The van der Waals surface area contributed by atoms with E-state index in [-0.39, 0.29) is 0 Å². The van der Waals surface area contributed by atoms with Crippen molar-refractivity contribution in [1.82, 2.24) is 28.7 Å². The molecule has 0 saturated heterocycles. The average Bonchev–Trinajstić information content (AvgIpc) is 1.61. The van der Waals surface area contributed by atoms with Gasteiger partial charge < -0.3 is 0 Å². The molecular weight excluding hydrogens is 1420 g/mol. The number of rotatable bonds is 15. The van der Waals surface area contributed by atoms with E-state index in [1.54, 1.807) is 0 Å². The van der Waals surface area contributed by atoms with E-state index in [1.165, 1.54) is 83.5 Å². The second-order valence-electron chi connectivity index (χ2n) is 29.1. The molecule has 0 fully saturated rings. The Balaban J connectivity index is 0.000000117. The summed E-state index contributed by atoms with van der Waals surface area (Å²) in [6.07, 6.45) is 0. The van der Waals surface area contributed by atoms with Gasteiger partial charge in [-0.25, -0.2) is 15.0 Å². The van der Waals surface area contributed by atoms with E-state index >= 15 is 0 Å². The maximum Gasteiger partial charge on any atom is 0.146 e. The molecule has 21 aromatic rings. The average molecular weight is 1500 g/mol. The molecule has 0 radical (unpaired) electrons. The van der Waals surface area contributed by atoms with Gasteiger partial charge in [0.1, 0.15) is 17.5 Å². The molecule has 0 spiro atoms. The quantitative estimate of drug-likeness (QED) is 0.103. The Kier molecular flexibility index (Phi) is 20.2. The van der Waals surface area contributed by atoms with E-state index in [1.807, 2.05) is 24.3 Å². The summed E-state index contributed by atoms with van der Waals surface area (Å²) in [6.45, 7) is 0. The molecule has 21 rings (SSSR count). The van der Waals surface area contributed by atoms with E-state index in [9.17, 15) is 0 Å². The summed E-state index contributed by atoms with van der Waals surface area (Å²) in [5, 5.41) is 0. The van der Waals surface area contributed by atoms with Crippen LogP contribution in [0.2, 0.25) is 0 Å². The largest absolute Gasteiger partial charge is 0.292 e. The molecule has 6 nitrogen and oxygen atoms in total. The van der Waals surface area contributed by atoms with Crippen molar-refractivity contribution in [2.24, 2.45) is 0 Å². The first-order valence-corrected chi connectivity index (χ1v) is 39.7. The highest BCUT2D eigenvalue weighted by atomic mass is 15.1. The third-order valence-corrected chi connectivity index (χ3v) is 21.6. The molecule has 0 unspecified atom stereocenters. The van der Waals surface area contributed by atoms with Crippen LogP contribution in [0.15, 0.2) is 473 Å². The highest BCUT2D eigenvalue weighted by molar-refractivity contribution is 5.93. The molecule has 0 amide bonds. The Bertz CT molecular complexity index is 6810. The summed E-state index contributed by atoms with van der Waals surface area (Å²) < 4.78 is 6.77. The van der Waals surface area contributed by atoms with Crippen LogP contribution in [-0.4, -0.2) is 28.7 Å². The number of para-hydroxylation sites is 9. The van der Waals surface area contributed by atoms with Gasteiger partial charge >= 0.3 is 0 Å². The molecule has 0 aliphatic rings. The Morgan fingerprint density at radius 2 is 0.342 bits per heavy atom. The summed E-state index contributed by atoms with van der Waals surface area (Å²) in [5.74, 6) is 2.81. The Morgan fingerprint density at radius 1 is 0.128 bits per heavy atom. The van der Waals surface area contributed by atoms with E-state index < -0.39 is 0 Å². The van der Waals surface area contributed by atoms with Crippen LogP contribution >= 0.6 is 0 Å². The number of hydrogen-bond donors (Lipinski definition) is 0. The molecule has 3 aromatic heterocycles. The Hall–Kier alpha value is -15.6. The zero-order valence-electron chi connectivity index (χ0n) is 64.2. The number of benzene rings is 18. The second kappa shape index (κ2) is 33.0. The second-order valence-corrected chi connectivity index (χ2v) is 29.1. The standard InChI is InChI=1S/3C37H26N2/c1-4-14-27(15-5-1)29-24-30(28-16-6-2-7-17-28)26-31(25-29)33-20-10-11-21-34(33)37-38-35-22-12-13-23-36(35)39(37)32-18-8-3-9-19-32;1-4-13-27(14-5-1)31-24-32(28-15-6-2-7-16-28)26-33(25-31)29-17-12-18-30(23-29)37-38-35-21-10-11-22-36(35)39(37)34-19-8-3-9-20-34;1-4-12-27(13-5-1)31-24-32(28-14-6-2-7-15-28)26-33(25-31)29-20-22-30(23-21-29)37-38-35-18-10-11-19-36(35)39(37)34-16-8-3-9-17-34/h3*1-26H. The maximum atomic E-state index is 5.17. The van der Waals surface area contributed by atoms with Crippen LogP contribution in [0.5, 0.6) is 0 Å². The minimum absolute atomic E-state index is 0.935. The molecule has 0 N–H and O–H groups in total. The van der Waals surface area contributed by atoms with Gasteiger partial charge in [-0.1, -0.05) is 340 Å². The Morgan fingerprint density at radius 3 is 0.684 bits per heavy atom. The van der Waals surface area contributed by atoms with Crippen molar-refractivity contribution in [3.05, 3.63) is 473 Å². The van der Waals surface area contributed by atoms with Crippen LogP contribution in [0.3, 0.4) is 0 Å². The summed E-state index contributed by atoms with van der Waals surface area (Å²) >= 11 is 0. The van der Waals surface area contributed by atoms with Gasteiger partial charge in [0.05, 0.1) is 33.1 Å². The summed E-state index contributed by atoms with van der Waals surface area (Å²) in [5.41, 5.74) is 34.3. The van der Waals surface area contributed by atoms with Gasteiger partial charge in [-0.3, -0.25) is 13.7 Å². The monoisotopic (exact) mass is 1490 g/mol. The molecule has 0 bridgehead atoms. The van der Waals surface area contributed by atoms with Crippen LogP contribution < -0.4 is 0 Å². The van der Waals surface area contributed by atoms with Crippen molar-refractivity contribution in [3.8, 4) is 151 Å². The fraction of sp³-hybridized carbons (Fsp3) is 0. The molecule has 3 heterocycles. The van der Waals surface area contributed by atoms with Crippen LogP contribution in [-0.2, 0) is 0 Å². The van der Waals surface area contributed by atoms with Crippen molar-refractivity contribution in [2.75, 3.05) is 0 Å². The summed E-state index contributed by atoms with van der Waals surface area (Å²) in [4.78, 5) is 15.3. The molecule has 552 valence electrons. The lowest BCUT2D eigenvalue weighted by Crippen LogP contribution is -1.98. The maximum absolute atomic E-state index is 5.17. The zero-order valence-corrected chi connectivity index (χ0v) is 64.2. The van der Waals surface area contributed by atoms with E-state index in [0.29, 0.717) is 0 Å². The van der Waals surface area contributed by atoms with Crippen LogP contribution in [0.1, 0.15) is 0 Å². The lowest BCUT2D eigenvalue weighted by Gasteiger charge is -2.15. The van der Waals surface area contributed by atoms with Crippen LogP contribution in [0.4, 0.5) is 0 Å². The lowest BCUT2D eigenvalue weighted by atomic mass is 9.91. The molecule has 117 heavy (non-hydrogen) atoms. The highest BCUT2D eigenvalue weighted by Gasteiger charge is 2.22. The van der Waals surface area contributed by atoms with Gasteiger partial charge in [-0.15, -0.1) is 0 Å². The Labute approximate surface area is 681 Å².